The summed E-state index contributed by atoms with van der Waals surface area (Å²) in [5.41, 5.74) is 2.25. The van der Waals surface area contributed by atoms with Crippen LogP contribution in [0.3, 0.4) is 0 Å². The smallest absolute Gasteiger partial charge is 0.220 e. The quantitative estimate of drug-likeness (QED) is 0.910. The van der Waals surface area contributed by atoms with E-state index in [0.717, 1.165) is 12.1 Å². The predicted octanol–water partition coefficient (Wildman–Crippen LogP) is 2.30. The molecule has 0 spiro atoms. The normalized spacial score (nSPS) is 22.2. The van der Waals surface area contributed by atoms with Gasteiger partial charge in [-0.25, -0.2) is 0 Å². The number of nitrogens with one attached hydrogen (secondary N) is 1. The number of carbonyl (C=O) groups is 1. The van der Waals surface area contributed by atoms with E-state index in [4.69, 9.17) is 0 Å². The van der Waals surface area contributed by atoms with Crippen molar-refractivity contribution >= 4 is 5.91 Å². The number of benzene rings is 1. The van der Waals surface area contributed by atoms with Crippen molar-refractivity contribution in [1.29, 1.82) is 0 Å². The molecule has 0 radical (unpaired) electrons. The van der Waals surface area contributed by atoms with Crippen molar-refractivity contribution in [3.63, 3.8) is 0 Å². The number of rotatable bonds is 3. The van der Waals surface area contributed by atoms with E-state index in [-0.39, 0.29) is 17.9 Å². The molecule has 2 atom stereocenters. The Morgan fingerprint density at radius 3 is 2.63 bits per heavy atom. The highest BCUT2D eigenvalue weighted by molar-refractivity contribution is 5.80. The van der Waals surface area contributed by atoms with Crippen LogP contribution in [-0.2, 0) is 11.2 Å². The first-order valence-corrected chi connectivity index (χ1v) is 6.57. The molecule has 0 bridgehead atoms. The van der Waals surface area contributed by atoms with E-state index in [1.807, 2.05) is 36.4 Å². The topological polar surface area (TPSA) is 42.0 Å². The second-order valence-corrected chi connectivity index (χ2v) is 4.93. The highest BCUT2D eigenvalue weighted by Gasteiger charge is 2.34. The van der Waals surface area contributed by atoms with E-state index in [1.165, 1.54) is 5.56 Å². The molecule has 2 unspecified atom stereocenters. The van der Waals surface area contributed by atoms with Crippen molar-refractivity contribution in [2.45, 2.75) is 24.8 Å². The van der Waals surface area contributed by atoms with Gasteiger partial charge in [0.25, 0.3) is 0 Å². The molecule has 1 aliphatic rings. The minimum atomic E-state index is 0.122. The Morgan fingerprint density at radius 1 is 1.11 bits per heavy atom. The third-order valence-corrected chi connectivity index (χ3v) is 3.60. The van der Waals surface area contributed by atoms with Crippen molar-refractivity contribution < 1.29 is 4.79 Å². The third-order valence-electron chi connectivity index (χ3n) is 3.60. The zero-order valence-corrected chi connectivity index (χ0v) is 10.6. The van der Waals surface area contributed by atoms with E-state index in [9.17, 15) is 4.79 Å². The SMILES string of the molecule is O=C1CC(c2ccccn2)C(Cc2ccccc2)N1. The summed E-state index contributed by atoms with van der Waals surface area (Å²) in [6.07, 6.45) is 3.18. The predicted molar refractivity (Wildman–Crippen MR) is 73.7 cm³/mol. The minimum Gasteiger partial charge on any atom is -0.352 e. The summed E-state index contributed by atoms with van der Waals surface area (Å²) in [5.74, 6) is 0.297. The fraction of sp³-hybridized carbons (Fsp3) is 0.250. The molecule has 3 heteroatoms. The van der Waals surface area contributed by atoms with Crippen molar-refractivity contribution in [3.8, 4) is 0 Å². The molecular weight excluding hydrogens is 236 g/mol. The van der Waals surface area contributed by atoms with Crippen LogP contribution in [0.4, 0.5) is 0 Å². The second-order valence-electron chi connectivity index (χ2n) is 4.93. The summed E-state index contributed by atoms with van der Waals surface area (Å²) >= 11 is 0. The van der Waals surface area contributed by atoms with Crippen LogP contribution in [0.15, 0.2) is 54.7 Å². The summed E-state index contributed by atoms with van der Waals surface area (Å²) in [7, 11) is 0. The number of carbonyl (C=O) groups excluding carboxylic acids is 1. The first-order valence-electron chi connectivity index (χ1n) is 6.57. The Morgan fingerprint density at radius 2 is 1.89 bits per heavy atom. The molecule has 1 aromatic heterocycles. The van der Waals surface area contributed by atoms with Crippen LogP contribution < -0.4 is 5.32 Å². The van der Waals surface area contributed by atoms with Gasteiger partial charge in [-0.05, 0) is 24.1 Å². The van der Waals surface area contributed by atoms with Crippen LogP contribution in [0.1, 0.15) is 23.6 Å². The molecule has 1 N–H and O–H groups in total. The first-order chi connectivity index (χ1) is 9.33. The van der Waals surface area contributed by atoms with Gasteiger partial charge in [-0.1, -0.05) is 36.4 Å². The molecule has 0 aliphatic carbocycles. The number of nitrogens with zero attached hydrogens (tertiary/aromatic N) is 1. The van der Waals surface area contributed by atoms with E-state index in [2.05, 4.69) is 22.4 Å². The van der Waals surface area contributed by atoms with Crippen molar-refractivity contribution in [2.75, 3.05) is 0 Å². The fourth-order valence-electron chi connectivity index (χ4n) is 2.68. The van der Waals surface area contributed by atoms with Gasteiger partial charge in [-0.2, -0.15) is 0 Å². The fourth-order valence-corrected chi connectivity index (χ4v) is 2.68. The van der Waals surface area contributed by atoms with Gasteiger partial charge in [-0.3, -0.25) is 9.78 Å². The Hall–Kier alpha value is -2.16. The Kier molecular flexibility index (Phi) is 3.27. The Labute approximate surface area is 112 Å². The van der Waals surface area contributed by atoms with Gasteiger partial charge < -0.3 is 5.32 Å². The standard InChI is InChI=1S/C16H16N2O/c19-16-11-13(14-8-4-5-9-17-14)15(18-16)10-12-6-2-1-3-7-12/h1-9,13,15H,10-11H2,(H,18,19). The second kappa shape index (κ2) is 5.22. The lowest BCUT2D eigenvalue weighted by atomic mass is 9.91. The largest absolute Gasteiger partial charge is 0.352 e. The van der Waals surface area contributed by atoms with Gasteiger partial charge in [-0.15, -0.1) is 0 Å². The first kappa shape index (κ1) is 11.9. The summed E-state index contributed by atoms with van der Waals surface area (Å²) < 4.78 is 0. The van der Waals surface area contributed by atoms with Crippen LogP contribution >= 0.6 is 0 Å². The summed E-state index contributed by atoms with van der Waals surface area (Å²) in [6.45, 7) is 0. The Balaban J connectivity index is 1.81. The van der Waals surface area contributed by atoms with Gasteiger partial charge in [0.2, 0.25) is 5.91 Å². The Bertz CT molecular complexity index is 553. The van der Waals surface area contributed by atoms with E-state index in [1.54, 1.807) is 6.20 Å². The highest BCUT2D eigenvalue weighted by Crippen LogP contribution is 2.28. The summed E-state index contributed by atoms with van der Waals surface area (Å²) in [4.78, 5) is 16.1. The number of hydrogen-bond acceptors (Lipinski definition) is 2. The molecular formula is C16H16N2O. The van der Waals surface area contributed by atoms with E-state index in [0.29, 0.717) is 6.42 Å². The van der Waals surface area contributed by atoms with Crippen molar-refractivity contribution in [1.82, 2.24) is 10.3 Å². The molecule has 1 saturated heterocycles. The lowest BCUT2D eigenvalue weighted by Gasteiger charge is -2.18. The molecule has 1 fully saturated rings. The van der Waals surface area contributed by atoms with Gasteiger partial charge in [0.15, 0.2) is 0 Å². The van der Waals surface area contributed by atoms with Gasteiger partial charge >= 0.3 is 0 Å². The maximum atomic E-state index is 11.7. The molecule has 2 aromatic rings. The zero-order valence-electron chi connectivity index (χ0n) is 10.6. The van der Waals surface area contributed by atoms with Crippen LogP contribution in [0.25, 0.3) is 0 Å². The number of aromatic nitrogens is 1. The molecule has 1 amide bonds. The lowest BCUT2D eigenvalue weighted by Crippen LogP contribution is -2.30. The van der Waals surface area contributed by atoms with Gasteiger partial charge in [0, 0.05) is 30.3 Å². The molecule has 3 rings (SSSR count). The molecule has 1 aromatic carbocycles. The summed E-state index contributed by atoms with van der Waals surface area (Å²) in [5, 5.41) is 3.07. The van der Waals surface area contributed by atoms with E-state index >= 15 is 0 Å². The van der Waals surface area contributed by atoms with Crippen LogP contribution in [0, 0.1) is 0 Å². The molecule has 19 heavy (non-hydrogen) atoms. The van der Waals surface area contributed by atoms with Crippen molar-refractivity contribution in [2.24, 2.45) is 0 Å². The minimum absolute atomic E-state index is 0.122. The third kappa shape index (κ3) is 2.65. The average Bonchev–Trinajstić information content (AvgIpc) is 2.82. The van der Waals surface area contributed by atoms with Gasteiger partial charge in [0.1, 0.15) is 0 Å². The maximum absolute atomic E-state index is 11.7. The lowest BCUT2D eigenvalue weighted by molar-refractivity contribution is -0.119. The van der Waals surface area contributed by atoms with Crippen LogP contribution in [0.2, 0.25) is 0 Å². The van der Waals surface area contributed by atoms with Gasteiger partial charge in [0.05, 0.1) is 0 Å². The number of hydrogen-bond donors (Lipinski definition) is 1. The van der Waals surface area contributed by atoms with E-state index < -0.39 is 0 Å². The summed E-state index contributed by atoms with van der Waals surface area (Å²) in [6, 6.07) is 16.3. The maximum Gasteiger partial charge on any atom is 0.220 e. The monoisotopic (exact) mass is 252 g/mol. The zero-order chi connectivity index (χ0) is 13.1. The van der Waals surface area contributed by atoms with Crippen LogP contribution in [-0.4, -0.2) is 16.9 Å². The molecule has 1 aliphatic heterocycles. The molecule has 3 nitrogen and oxygen atoms in total. The molecule has 96 valence electrons. The average molecular weight is 252 g/mol. The molecule has 2 heterocycles. The van der Waals surface area contributed by atoms with Crippen molar-refractivity contribution in [3.05, 3.63) is 66.0 Å². The van der Waals surface area contributed by atoms with Crippen LogP contribution in [0.5, 0.6) is 0 Å². The highest BCUT2D eigenvalue weighted by atomic mass is 16.2. The molecule has 0 saturated carbocycles. The number of amides is 1. The number of pyridine rings is 1.